The molecule has 0 saturated carbocycles. The molecular weight excluding hydrogens is 331 g/mol. The van der Waals surface area contributed by atoms with E-state index >= 15 is 0 Å². The number of aryl methyl sites for hydroxylation is 1. The molecule has 0 bridgehead atoms. The van der Waals surface area contributed by atoms with E-state index in [1.165, 1.54) is 17.7 Å². The first-order chi connectivity index (χ1) is 9.47. The van der Waals surface area contributed by atoms with Crippen LogP contribution in [0.15, 0.2) is 32.3 Å². The lowest BCUT2D eigenvalue weighted by atomic mass is 10.2. The summed E-state index contributed by atoms with van der Waals surface area (Å²) in [6.45, 7) is 0. The van der Waals surface area contributed by atoms with E-state index in [0.29, 0.717) is 15.9 Å². The highest BCUT2D eigenvalue weighted by molar-refractivity contribution is 9.10. The van der Waals surface area contributed by atoms with Gasteiger partial charge in [0.25, 0.3) is 5.56 Å². The van der Waals surface area contributed by atoms with Gasteiger partial charge in [0, 0.05) is 12.6 Å². The molecule has 0 atom stereocenters. The Bertz CT molecular complexity index is 941. The molecule has 3 aromatic rings. The van der Waals surface area contributed by atoms with E-state index in [9.17, 15) is 14.0 Å². The fourth-order valence-corrected chi connectivity index (χ4v) is 2.13. The van der Waals surface area contributed by atoms with Crippen molar-refractivity contribution < 1.29 is 4.39 Å². The maximum Gasteiger partial charge on any atom is 0.329 e. The average molecular weight is 339 g/mol. The minimum absolute atomic E-state index is 0.172. The van der Waals surface area contributed by atoms with Crippen molar-refractivity contribution in [2.75, 3.05) is 0 Å². The van der Waals surface area contributed by atoms with Crippen LogP contribution in [0, 0.1) is 5.82 Å². The Morgan fingerprint density at radius 2 is 2.05 bits per heavy atom. The van der Waals surface area contributed by atoms with Crippen molar-refractivity contribution in [2.45, 2.75) is 0 Å². The van der Waals surface area contributed by atoms with E-state index in [0.717, 1.165) is 0 Å². The molecule has 102 valence electrons. The molecule has 2 aromatic heterocycles. The third kappa shape index (κ3) is 1.88. The Morgan fingerprint density at radius 1 is 1.30 bits per heavy atom. The van der Waals surface area contributed by atoms with E-state index in [2.05, 4.69) is 30.9 Å². The zero-order valence-corrected chi connectivity index (χ0v) is 11.8. The molecule has 6 nitrogen and oxygen atoms in total. The summed E-state index contributed by atoms with van der Waals surface area (Å²) in [5, 5.41) is 0. The second kappa shape index (κ2) is 4.41. The predicted molar refractivity (Wildman–Crippen MR) is 75.0 cm³/mol. The molecule has 8 heteroatoms. The molecule has 0 unspecified atom stereocenters. The van der Waals surface area contributed by atoms with Crippen LogP contribution in [0.3, 0.4) is 0 Å². The zero-order chi connectivity index (χ0) is 14.4. The topological polar surface area (TPSA) is 83.5 Å². The van der Waals surface area contributed by atoms with Crippen LogP contribution in [0.25, 0.3) is 22.6 Å². The van der Waals surface area contributed by atoms with Gasteiger partial charge >= 0.3 is 5.69 Å². The molecule has 0 aliphatic carbocycles. The average Bonchev–Trinajstić information content (AvgIpc) is 2.85. The highest BCUT2D eigenvalue weighted by Gasteiger charge is 2.12. The molecule has 1 aromatic carbocycles. The number of rotatable bonds is 1. The van der Waals surface area contributed by atoms with Gasteiger partial charge in [-0.1, -0.05) is 0 Å². The SMILES string of the molecule is Cn1c(=O)[nH]c(=O)c2[nH]c(-c3ccc(Br)c(F)c3)nc21. The van der Waals surface area contributed by atoms with Crippen LogP contribution in [-0.4, -0.2) is 19.5 Å². The molecule has 20 heavy (non-hydrogen) atoms. The van der Waals surface area contributed by atoms with Crippen molar-refractivity contribution in [1.82, 2.24) is 19.5 Å². The summed E-state index contributed by atoms with van der Waals surface area (Å²) >= 11 is 3.06. The van der Waals surface area contributed by atoms with Crippen LogP contribution in [0.5, 0.6) is 0 Å². The first-order valence-electron chi connectivity index (χ1n) is 5.62. The Labute approximate surface area is 119 Å². The van der Waals surface area contributed by atoms with Crippen molar-refractivity contribution in [3.05, 3.63) is 49.3 Å². The monoisotopic (exact) mass is 338 g/mol. The third-order valence-electron chi connectivity index (χ3n) is 2.95. The number of aromatic amines is 2. The second-order valence-electron chi connectivity index (χ2n) is 4.23. The summed E-state index contributed by atoms with van der Waals surface area (Å²) in [6.07, 6.45) is 0. The van der Waals surface area contributed by atoms with Crippen LogP contribution in [-0.2, 0) is 7.05 Å². The molecular formula is C12H8BrFN4O2. The Morgan fingerprint density at radius 3 is 2.75 bits per heavy atom. The number of nitrogens with one attached hydrogen (secondary N) is 2. The Balaban J connectivity index is 2.31. The number of fused-ring (bicyclic) bond motifs is 1. The van der Waals surface area contributed by atoms with Crippen molar-refractivity contribution in [1.29, 1.82) is 0 Å². The number of H-pyrrole nitrogens is 2. The van der Waals surface area contributed by atoms with Gasteiger partial charge in [0.15, 0.2) is 5.65 Å². The van der Waals surface area contributed by atoms with E-state index in [1.54, 1.807) is 12.1 Å². The van der Waals surface area contributed by atoms with Crippen LogP contribution in [0.4, 0.5) is 4.39 Å². The first kappa shape index (κ1) is 12.8. The summed E-state index contributed by atoms with van der Waals surface area (Å²) in [5.41, 5.74) is -0.238. The molecule has 0 spiro atoms. The molecule has 0 radical (unpaired) electrons. The Hall–Kier alpha value is -2.22. The second-order valence-corrected chi connectivity index (χ2v) is 5.09. The molecule has 0 saturated heterocycles. The molecule has 0 fully saturated rings. The maximum absolute atomic E-state index is 13.5. The molecule has 2 N–H and O–H groups in total. The molecule has 3 rings (SSSR count). The van der Waals surface area contributed by atoms with Crippen LogP contribution in [0.2, 0.25) is 0 Å². The van der Waals surface area contributed by atoms with Gasteiger partial charge in [-0.05, 0) is 34.1 Å². The Kier molecular flexibility index (Phi) is 2.82. The summed E-state index contributed by atoms with van der Waals surface area (Å²) in [7, 11) is 1.49. The van der Waals surface area contributed by atoms with Crippen molar-refractivity contribution in [3.63, 3.8) is 0 Å². The first-order valence-corrected chi connectivity index (χ1v) is 6.41. The molecule has 2 heterocycles. The molecule has 0 amide bonds. The highest BCUT2D eigenvalue weighted by atomic mass is 79.9. The van der Waals surface area contributed by atoms with E-state index in [4.69, 9.17) is 0 Å². The third-order valence-corrected chi connectivity index (χ3v) is 3.59. The zero-order valence-electron chi connectivity index (χ0n) is 10.2. The summed E-state index contributed by atoms with van der Waals surface area (Å²) in [5.74, 6) is -0.121. The predicted octanol–water partition coefficient (Wildman–Crippen LogP) is 1.52. The maximum atomic E-state index is 13.5. The lowest BCUT2D eigenvalue weighted by Crippen LogP contribution is -2.28. The van der Waals surface area contributed by atoms with Crippen molar-refractivity contribution >= 4 is 27.1 Å². The fraction of sp³-hybridized carbons (Fsp3) is 0.0833. The minimum atomic E-state index is -0.556. The molecule has 0 aliphatic rings. The number of hydrogen-bond acceptors (Lipinski definition) is 3. The summed E-state index contributed by atoms with van der Waals surface area (Å²) in [4.78, 5) is 32.3. The smallest absolute Gasteiger partial charge is 0.329 e. The van der Waals surface area contributed by atoms with Crippen molar-refractivity contribution in [3.8, 4) is 11.4 Å². The molecule has 0 aliphatic heterocycles. The van der Waals surface area contributed by atoms with Gasteiger partial charge < -0.3 is 4.98 Å². The lowest BCUT2D eigenvalue weighted by Gasteiger charge is -1.98. The van der Waals surface area contributed by atoms with Crippen LogP contribution >= 0.6 is 15.9 Å². The number of imidazole rings is 1. The number of aromatic nitrogens is 4. The number of nitrogens with zero attached hydrogens (tertiary/aromatic N) is 2. The van der Waals surface area contributed by atoms with Crippen LogP contribution < -0.4 is 11.2 Å². The number of benzene rings is 1. The van der Waals surface area contributed by atoms with Gasteiger partial charge in [0.05, 0.1) is 4.47 Å². The van der Waals surface area contributed by atoms with Gasteiger partial charge in [-0.3, -0.25) is 14.3 Å². The quantitative estimate of drug-likeness (QED) is 0.705. The number of hydrogen-bond donors (Lipinski definition) is 2. The largest absolute Gasteiger partial charge is 0.332 e. The van der Waals surface area contributed by atoms with Gasteiger partial charge in [-0.2, -0.15) is 0 Å². The van der Waals surface area contributed by atoms with Gasteiger partial charge in [0.2, 0.25) is 0 Å². The minimum Gasteiger partial charge on any atom is -0.332 e. The summed E-state index contributed by atoms with van der Waals surface area (Å²) in [6, 6.07) is 4.48. The number of halogens is 2. The van der Waals surface area contributed by atoms with Crippen LogP contribution in [0.1, 0.15) is 0 Å². The van der Waals surface area contributed by atoms with E-state index in [1.807, 2.05) is 0 Å². The van der Waals surface area contributed by atoms with Gasteiger partial charge in [-0.15, -0.1) is 0 Å². The van der Waals surface area contributed by atoms with E-state index < -0.39 is 17.1 Å². The van der Waals surface area contributed by atoms with Gasteiger partial charge in [0.1, 0.15) is 17.2 Å². The fourth-order valence-electron chi connectivity index (χ4n) is 1.88. The summed E-state index contributed by atoms with van der Waals surface area (Å²) < 4.78 is 15.1. The normalized spacial score (nSPS) is 11.2. The lowest BCUT2D eigenvalue weighted by molar-refractivity contribution is 0.621. The van der Waals surface area contributed by atoms with Gasteiger partial charge in [-0.25, -0.2) is 14.2 Å². The van der Waals surface area contributed by atoms with E-state index in [-0.39, 0.29) is 11.2 Å². The highest BCUT2D eigenvalue weighted by Crippen LogP contribution is 2.23. The standard InChI is InChI=1S/C12H8BrFN4O2/c1-18-10-8(11(19)17-12(18)20)15-9(16-10)5-2-3-6(13)7(14)4-5/h2-4H,1H3,(H,15,16)(H,17,19,20). The van der Waals surface area contributed by atoms with Crippen molar-refractivity contribution in [2.24, 2.45) is 7.05 Å².